The monoisotopic (exact) mass is 311 g/mol. The first-order valence-electron chi connectivity index (χ1n) is 7.27. The van der Waals surface area contributed by atoms with Crippen LogP contribution in [0.3, 0.4) is 0 Å². The van der Waals surface area contributed by atoms with E-state index >= 15 is 0 Å². The van der Waals surface area contributed by atoms with Crippen LogP contribution in [-0.4, -0.2) is 39.5 Å². The summed E-state index contributed by atoms with van der Waals surface area (Å²) in [5, 5.41) is 0. The predicted octanol–water partition coefficient (Wildman–Crippen LogP) is 1.22. The number of sulfonamides is 1. The van der Waals surface area contributed by atoms with Gasteiger partial charge in [0.15, 0.2) is 0 Å². The molecule has 0 atom stereocenters. The minimum Gasteiger partial charge on any atom is -0.326 e. The molecule has 1 aromatic carbocycles. The van der Waals surface area contributed by atoms with Crippen LogP contribution in [-0.2, 0) is 16.6 Å². The van der Waals surface area contributed by atoms with Gasteiger partial charge >= 0.3 is 0 Å². The third kappa shape index (κ3) is 3.29. The molecule has 1 aliphatic carbocycles. The number of rotatable bonds is 6. The lowest BCUT2D eigenvalue weighted by atomic mass is 9.76. The van der Waals surface area contributed by atoms with Crippen LogP contribution in [0.25, 0.3) is 0 Å². The van der Waals surface area contributed by atoms with Gasteiger partial charge in [-0.1, -0.05) is 6.07 Å². The molecule has 0 aliphatic heterocycles. The van der Waals surface area contributed by atoms with E-state index in [1.165, 1.54) is 0 Å². The molecule has 0 saturated heterocycles. The Kier molecular flexibility index (Phi) is 4.72. The van der Waals surface area contributed by atoms with Crippen molar-refractivity contribution in [3.63, 3.8) is 0 Å². The van der Waals surface area contributed by atoms with Gasteiger partial charge in [-0.05, 0) is 63.5 Å². The highest BCUT2D eigenvalue weighted by Crippen LogP contribution is 2.35. The molecule has 0 amide bonds. The fraction of sp³-hybridized carbons (Fsp3) is 0.600. The third-order valence-corrected chi connectivity index (χ3v) is 6.07. The molecule has 6 heteroatoms. The first-order valence-corrected chi connectivity index (χ1v) is 8.76. The first-order chi connectivity index (χ1) is 9.81. The molecule has 0 heterocycles. The second kappa shape index (κ2) is 6.04. The number of hydrogen-bond donors (Lipinski definition) is 2. The number of benzene rings is 1. The molecule has 0 unspecified atom stereocenters. The molecule has 118 valence electrons. The molecular weight excluding hydrogens is 286 g/mol. The van der Waals surface area contributed by atoms with Gasteiger partial charge < -0.3 is 10.6 Å². The van der Waals surface area contributed by atoms with Gasteiger partial charge in [-0.2, -0.15) is 0 Å². The summed E-state index contributed by atoms with van der Waals surface area (Å²) in [5.41, 5.74) is 7.46. The Hall–Kier alpha value is -0.950. The molecule has 0 spiro atoms. The zero-order chi connectivity index (χ0) is 15.7. The number of aryl methyl sites for hydroxylation is 1. The number of likely N-dealkylation sites (N-methyl/N-ethyl adjacent to an activating group) is 1. The number of nitrogens with one attached hydrogen (secondary N) is 1. The number of nitrogens with zero attached hydrogens (tertiary/aromatic N) is 1. The van der Waals surface area contributed by atoms with E-state index < -0.39 is 10.0 Å². The van der Waals surface area contributed by atoms with Crippen molar-refractivity contribution in [2.24, 2.45) is 5.73 Å². The Labute approximate surface area is 127 Å². The van der Waals surface area contributed by atoms with Crippen molar-refractivity contribution in [2.75, 3.05) is 20.6 Å². The quantitative estimate of drug-likeness (QED) is 0.828. The van der Waals surface area contributed by atoms with Crippen LogP contribution >= 0.6 is 0 Å². The highest BCUT2D eigenvalue weighted by Gasteiger charge is 2.39. The predicted molar refractivity (Wildman–Crippen MR) is 84.5 cm³/mol. The summed E-state index contributed by atoms with van der Waals surface area (Å²) >= 11 is 0. The topological polar surface area (TPSA) is 75.4 Å². The average Bonchev–Trinajstić information content (AvgIpc) is 2.36. The van der Waals surface area contributed by atoms with Crippen molar-refractivity contribution in [2.45, 2.75) is 43.2 Å². The van der Waals surface area contributed by atoms with E-state index in [-0.39, 0.29) is 5.54 Å². The standard InChI is InChI=1S/C15H25N3O2S/c1-12-9-14(6-5-13(12)10-16)21(19,20)17-11-15(18(2)3)7-4-8-15/h5-6,9,17H,4,7-8,10-11,16H2,1-3H3. The van der Waals surface area contributed by atoms with Crippen molar-refractivity contribution < 1.29 is 8.42 Å². The molecule has 1 aliphatic rings. The van der Waals surface area contributed by atoms with E-state index in [2.05, 4.69) is 9.62 Å². The molecular formula is C15H25N3O2S. The van der Waals surface area contributed by atoms with E-state index in [4.69, 9.17) is 5.73 Å². The largest absolute Gasteiger partial charge is 0.326 e. The van der Waals surface area contributed by atoms with Gasteiger partial charge in [0.1, 0.15) is 0 Å². The van der Waals surface area contributed by atoms with Gasteiger partial charge in [0.2, 0.25) is 10.0 Å². The van der Waals surface area contributed by atoms with Crippen LogP contribution in [0.5, 0.6) is 0 Å². The van der Waals surface area contributed by atoms with Gasteiger partial charge in [0, 0.05) is 18.6 Å². The zero-order valence-electron chi connectivity index (χ0n) is 13.0. The molecule has 2 rings (SSSR count). The van der Waals surface area contributed by atoms with Gasteiger partial charge in [-0.25, -0.2) is 13.1 Å². The van der Waals surface area contributed by atoms with Gasteiger partial charge in [-0.3, -0.25) is 0 Å². The summed E-state index contributed by atoms with van der Waals surface area (Å²) in [6.45, 7) is 2.76. The minimum atomic E-state index is -3.47. The van der Waals surface area contributed by atoms with Crippen molar-refractivity contribution in [1.29, 1.82) is 0 Å². The molecule has 21 heavy (non-hydrogen) atoms. The molecule has 5 nitrogen and oxygen atoms in total. The average molecular weight is 311 g/mol. The maximum absolute atomic E-state index is 12.4. The summed E-state index contributed by atoms with van der Waals surface area (Å²) < 4.78 is 27.6. The Morgan fingerprint density at radius 2 is 2.00 bits per heavy atom. The van der Waals surface area contributed by atoms with E-state index in [0.29, 0.717) is 18.0 Å². The molecule has 1 aromatic rings. The molecule has 1 fully saturated rings. The van der Waals surface area contributed by atoms with E-state index in [9.17, 15) is 8.42 Å². The minimum absolute atomic E-state index is 0.0285. The summed E-state index contributed by atoms with van der Waals surface area (Å²) in [7, 11) is 0.547. The fourth-order valence-electron chi connectivity index (χ4n) is 2.74. The van der Waals surface area contributed by atoms with Crippen LogP contribution in [0, 0.1) is 6.92 Å². The fourth-order valence-corrected chi connectivity index (χ4v) is 3.95. The summed E-state index contributed by atoms with van der Waals surface area (Å²) in [6, 6.07) is 5.10. The highest BCUT2D eigenvalue weighted by atomic mass is 32.2. The Bertz CT molecular complexity index is 607. The lowest BCUT2D eigenvalue weighted by Gasteiger charge is -2.47. The van der Waals surface area contributed by atoms with Gasteiger partial charge in [0.25, 0.3) is 0 Å². The van der Waals surface area contributed by atoms with Crippen molar-refractivity contribution in [3.8, 4) is 0 Å². The Morgan fingerprint density at radius 1 is 1.33 bits per heavy atom. The lowest BCUT2D eigenvalue weighted by molar-refractivity contribution is 0.0657. The second-order valence-corrected chi connectivity index (χ2v) is 7.86. The molecule has 3 N–H and O–H groups in total. The number of nitrogens with two attached hydrogens (primary N) is 1. The molecule has 0 bridgehead atoms. The Balaban J connectivity index is 2.13. The molecule has 0 radical (unpaired) electrons. The molecule has 1 saturated carbocycles. The van der Waals surface area contributed by atoms with Gasteiger partial charge in [-0.15, -0.1) is 0 Å². The number of hydrogen-bond acceptors (Lipinski definition) is 4. The van der Waals surface area contributed by atoms with Crippen LogP contribution < -0.4 is 10.5 Å². The van der Waals surface area contributed by atoms with Crippen LogP contribution in [0.2, 0.25) is 0 Å². The highest BCUT2D eigenvalue weighted by molar-refractivity contribution is 7.89. The van der Waals surface area contributed by atoms with Crippen LogP contribution in [0.15, 0.2) is 23.1 Å². The van der Waals surface area contributed by atoms with Crippen LogP contribution in [0.1, 0.15) is 30.4 Å². The first kappa shape index (κ1) is 16.4. The SMILES string of the molecule is Cc1cc(S(=O)(=O)NCC2(N(C)C)CCC2)ccc1CN. The van der Waals surface area contributed by atoms with E-state index in [1.54, 1.807) is 18.2 Å². The third-order valence-electron chi connectivity index (χ3n) is 4.67. The summed E-state index contributed by atoms with van der Waals surface area (Å²) in [6.07, 6.45) is 3.23. The zero-order valence-corrected chi connectivity index (χ0v) is 13.8. The maximum Gasteiger partial charge on any atom is 0.240 e. The lowest BCUT2D eigenvalue weighted by Crippen LogP contribution is -2.57. The van der Waals surface area contributed by atoms with Crippen LogP contribution in [0.4, 0.5) is 0 Å². The van der Waals surface area contributed by atoms with Crippen molar-refractivity contribution in [3.05, 3.63) is 29.3 Å². The molecule has 0 aromatic heterocycles. The van der Waals surface area contributed by atoms with Crippen molar-refractivity contribution in [1.82, 2.24) is 9.62 Å². The van der Waals surface area contributed by atoms with Crippen molar-refractivity contribution >= 4 is 10.0 Å². The maximum atomic E-state index is 12.4. The normalized spacial score (nSPS) is 17.8. The summed E-state index contributed by atoms with van der Waals surface area (Å²) in [4.78, 5) is 2.44. The van der Waals surface area contributed by atoms with E-state index in [1.807, 2.05) is 21.0 Å². The Morgan fingerprint density at radius 3 is 2.43 bits per heavy atom. The summed E-state index contributed by atoms with van der Waals surface area (Å²) in [5.74, 6) is 0. The van der Waals surface area contributed by atoms with E-state index in [0.717, 1.165) is 30.4 Å². The van der Waals surface area contributed by atoms with Gasteiger partial charge in [0.05, 0.1) is 4.90 Å². The second-order valence-electron chi connectivity index (χ2n) is 6.09. The smallest absolute Gasteiger partial charge is 0.240 e.